The van der Waals surface area contributed by atoms with Gasteiger partial charge in [0.1, 0.15) is 0 Å². The van der Waals surface area contributed by atoms with Gasteiger partial charge in [0.05, 0.1) is 16.0 Å². The minimum Gasteiger partial charge on any atom is -0.302 e. The molecule has 0 fully saturated rings. The van der Waals surface area contributed by atoms with Crippen LogP contribution in [0.4, 0.5) is 5.13 Å². The summed E-state index contributed by atoms with van der Waals surface area (Å²) in [6.45, 7) is 9.87. The number of thioether (sulfide) groups is 1. The molecule has 0 N–H and O–H groups in total. The maximum absolute atomic E-state index is 13.1. The van der Waals surface area contributed by atoms with Crippen LogP contribution in [0.3, 0.4) is 0 Å². The van der Waals surface area contributed by atoms with Crippen molar-refractivity contribution < 1.29 is 4.79 Å². The van der Waals surface area contributed by atoms with Gasteiger partial charge in [-0.05, 0) is 49.8 Å². The molecule has 0 saturated heterocycles. The van der Waals surface area contributed by atoms with Crippen molar-refractivity contribution >= 4 is 56.8 Å². The minimum atomic E-state index is 0. The van der Waals surface area contributed by atoms with Gasteiger partial charge in [-0.15, -0.1) is 24.2 Å². The Hall–Kier alpha value is -1.60. The lowest BCUT2D eigenvalue weighted by molar-refractivity contribution is -0.116. The number of thiazole rings is 1. The second-order valence-electron chi connectivity index (χ2n) is 6.64. The van der Waals surface area contributed by atoms with Crippen LogP contribution in [0.5, 0.6) is 0 Å². The molecule has 1 aromatic heterocycles. The van der Waals surface area contributed by atoms with Crippen LogP contribution in [0.15, 0.2) is 53.4 Å². The van der Waals surface area contributed by atoms with E-state index in [0.717, 1.165) is 39.9 Å². The first-order chi connectivity index (χ1) is 13.6. The summed E-state index contributed by atoms with van der Waals surface area (Å²) in [6.07, 6.45) is 0. The van der Waals surface area contributed by atoms with Gasteiger partial charge in [-0.1, -0.05) is 49.4 Å². The summed E-state index contributed by atoms with van der Waals surface area (Å²) in [5.41, 5.74) is 2.17. The summed E-state index contributed by atoms with van der Waals surface area (Å²) in [5.74, 6) is 0.522. The van der Waals surface area contributed by atoms with E-state index < -0.39 is 0 Å². The van der Waals surface area contributed by atoms with E-state index in [2.05, 4.69) is 37.8 Å². The van der Waals surface area contributed by atoms with Gasteiger partial charge >= 0.3 is 0 Å². The van der Waals surface area contributed by atoms with Crippen molar-refractivity contribution in [3.8, 4) is 0 Å². The van der Waals surface area contributed by atoms with Crippen LogP contribution >= 0.6 is 35.5 Å². The Bertz CT molecular complexity index is 913. The van der Waals surface area contributed by atoms with E-state index in [4.69, 9.17) is 4.98 Å². The molecule has 0 aliphatic rings. The Morgan fingerprint density at radius 2 is 1.79 bits per heavy atom. The van der Waals surface area contributed by atoms with Crippen molar-refractivity contribution in [2.75, 3.05) is 36.8 Å². The van der Waals surface area contributed by atoms with E-state index in [-0.39, 0.29) is 18.3 Å². The van der Waals surface area contributed by atoms with Crippen LogP contribution in [-0.4, -0.2) is 47.7 Å². The molecule has 4 nitrogen and oxygen atoms in total. The number of nitrogens with zero attached hydrogens (tertiary/aromatic N) is 3. The van der Waals surface area contributed by atoms with E-state index in [1.807, 2.05) is 41.3 Å². The van der Waals surface area contributed by atoms with E-state index in [9.17, 15) is 4.79 Å². The third kappa shape index (κ3) is 6.44. The number of likely N-dealkylation sites (N-methyl/N-ethyl adjacent to an activating group) is 1. The third-order valence-corrected chi connectivity index (χ3v) is 6.74. The van der Waals surface area contributed by atoms with Gasteiger partial charge in [0.2, 0.25) is 5.91 Å². The highest BCUT2D eigenvalue weighted by Crippen LogP contribution is 2.30. The number of hydrogen-bond acceptors (Lipinski definition) is 5. The number of carbonyl (C=O) groups excluding carboxylic acids is 1. The van der Waals surface area contributed by atoms with Crippen molar-refractivity contribution in [2.24, 2.45) is 0 Å². The summed E-state index contributed by atoms with van der Waals surface area (Å²) < 4.78 is 1.13. The lowest BCUT2D eigenvalue weighted by atomic mass is 10.2. The molecule has 29 heavy (non-hydrogen) atoms. The molecule has 0 bridgehead atoms. The van der Waals surface area contributed by atoms with Crippen LogP contribution in [0, 0.1) is 6.92 Å². The fraction of sp³-hybridized carbons (Fsp3) is 0.364. The third-order valence-electron chi connectivity index (χ3n) is 4.70. The molecule has 0 unspecified atom stereocenters. The van der Waals surface area contributed by atoms with E-state index in [1.165, 1.54) is 5.56 Å². The Labute approximate surface area is 187 Å². The van der Waals surface area contributed by atoms with Crippen molar-refractivity contribution in [1.29, 1.82) is 0 Å². The number of amides is 1. The molecule has 0 spiro atoms. The fourth-order valence-electron chi connectivity index (χ4n) is 2.98. The van der Waals surface area contributed by atoms with Gasteiger partial charge in [0.25, 0.3) is 0 Å². The number of benzene rings is 2. The first-order valence-electron chi connectivity index (χ1n) is 9.68. The maximum atomic E-state index is 13.1. The predicted molar refractivity (Wildman–Crippen MR) is 129 cm³/mol. The average Bonchev–Trinajstić information content (AvgIpc) is 3.13. The van der Waals surface area contributed by atoms with Crippen molar-refractivity contribution in [3.05, 3.63) is 54.1 Å². The monoisotopic (exact) mass is 449 g/mol. The Kier molecular flexibility index (Phi) is 9.43. The molecule has 3 rings (SSSR count). The van der Waals surface area contributed by atoms with Crippen LogP contribution in [0.25, 0.3) is 10.2 Å². The second-order valence-corrected chi connectivity index (χ2v) is 8.70. The number of aromatic nitrogens is 1. The molecule has 1 heterocycles. The van der Waals surface area contributed by atoms with E-state index in [1.54, 1.807) is 23.1 Å². The molecule has 156 valence electrons. The summed E-state index contributed by atoms with van der Waals surface area (Å²) in [4.78, 5) is 23.2. The number of fused-ring (bicyclic) bond motifs is 1. The molecular weight excluding hydrogens is 422 g/mol. The number of halogens is 1. The van der Waals surface area contributed by atoms with Crippen LogP contribution < -0.4 is 4.90 Å². The largest absolute Gasteiger partial charge is 0.302 e. The lowest BCUT2D eigenvalue weighted by Gasteiger charge is -2.24. The summed E-state index contributed by atoms with van der Waals surface area (Å²) in [7, 11) is 0. The van der Waals surface area contributed by atoms with Crippen molar-refractivity contribution in [3.63, 3.8) is 0 Å². The highest BCUT2D eigenvalue weighted by Gasteiger charge is 2.20. The standard InChI is InChI=1S/C22H27N3OS2.ClH/c1-4-24(5-2)13-14-25(21(26)16-27-18-9-7-6-8-10-18)22-23-19-12-11-17(3)15-20(19)28-22;/h6-12,15H,4-5,13-14,16H2,1-3H3;1H. The smallest absolute Gasteiger partial charge is 0.239 e. The number of aryl methyl sites for hydroxylation is 1. The molecule has 2 aromatic carbocycles. The first-order valence-corrected chi connectivity index (χ1v) is 11.5. The molecular formula is C22H28ClN3OS2. The molecule has 0 saturated carbocycles. The highest BCUT2D eigenvalue weighted by atomic mass is 35.5. The van der Waals surface area contributed by atoms with Gasteiger partial charge in [-0.2, -0.15) is 0 Å². The molecule has 0 aliphatic heterocycles. The molecule has 7 heteroatoms. The zero-order valence-electron chi connectivity index (χ0n) is 17.1. The second kappa shape index (κ2) is 11.6. The molecule has 0 atom stereocenters. The topological polar surface area (TPSA) is 36.4 Å². The van der Waals surface area contributed by atoms with Gasteiger partial charge in [-0.3, -0.25) is 9.69 Å². The Morgan fingerprint density at radius 3 is 2.48 bits per heavy atom. The maximum Gasteiger partial charge on any atom is 0.239 e. The molecule has 0 radical (unpaired) electrons. The highest BCUT2D eigenvalue weighted by molar-refractivity contribution is 8.00. The molecule has 3 aromatic rings. The zero-order chi connectivity index (χ0) is 19.9. The summed E-state index contributed by atoms with van der Waals surface area (Å²) in [6, 6.07) is 16.3. The number of anilines is 1. The average molecular weight is 450 g/mol. The van der Waals surface area contributed by atoms with Gasteiger partial charge in [-0.25, -0.2) is 4.98 Å². The molecule has 0 aliphatic carbocycles. The van der Waals surface area contributed by atoms with Gasteiger partial charge < -0.3 is 4.90 Å². The summed E-state index contributed by atoms with van der Waals surface area (Å²) in [5, 5.41) is 0.798. The minimum absolute atomic E-state index is 0. The van der Waals surface area contributed by atoms with E-state index in [0.29, 0.717) is 12.3 Å². The van der Waals surface area contributed by atoms with Gasteiger partial charge in [0.15, 0.2) is 5.13 Å². The van der Waals surface area contributed by atoms with Crippen LogP contribution in [0.2, 0.25) is 0 Å². The number of carbonyl (C=O) groups is 1. The van der Waals surface area contributed by atoms with Crippen LogP contribution in [-0.2, 0) is 4.79 Å². The lowest BCUT2D eigenvalue weighted by Crippen LogP contribution is -2.39. The van der Waals surface area contributed by atoms with Crippen LogP contribution in [0.1, 0.15) is 19.4 Å². The predicted octanol–water partition coefficient (Wildman–Crippen LogP) is 5.49. The number of rotatable bonds is 9. The Morgan fingerprint density at radius 1 is 1.07 bits per heavy atom. The fourth-order valence-corrected chi connectivity index (χ4v) is 4.89. The van der Waals surface area contributed by atoms with Gasteiger partial charge in [0, 0.05) is 18.0 Å². The molecule has 1 amide bonds. The summed E-state index contributed by atoms with van der Waals surface area (Å²) >= 11 is 3.18. The van der Waals surface area contributed by atoms with Crippen molar-refractivity contribution in [1.82, 2.24) is 9.88 Å². The quantitative estimate of drug-likeness (QED) is 0.404. The normalized spacial score (nSPS) is 10.9. The zero-order valence-corrected chi connectivity index (χ0v) is 19.6. The first kappa shape index (κ1) is 23.7. The number of hydrogen-bond donors (Lipinski definition) is 0. The van der Waals surface area contributed by atoms with Crippen molar-refractivity contribution in [2.45, 2.75) is 25.7 Å². The van der Waals surface area contributed by atoms with E-state index >= 15 is 0 Å². The Balaban J connectivity index is 0.00000300. The SMILES string of the molecule is CCN(CC)CCN(C(=O)CSc1ccccc1)c1nc2ccc(C)cc2s1.Cl.